The maximum absolute atomic E-state index is 13.0. The Morgan fingerprint density at radius 2 is 1.92 bits per heavy atom. The summed E-state index contributed by atoms with van der Waals surface area (Å²) in [6, 6.07) is 9.65. The first-order valence-electron chi connectivity index (χ1n) is 7.43. The van der Waals surface area contributed by atoms with Gasteiger partial charge in [-0.3, -0.25) is 9.69 Å². The van der Waals surface area contributed by atoms with E-state index in [0.717, 1.165) is 11.8 Å². The van der Waals surface area contributed by atoms with Gasteiger partial charge in [-0.25, -0.2) is 14.2 Å². The standard InChI is InChI=1S/C18H13FN2O4S/c1-21-16(23)15(8-10-2-4-11(19)5-3-10)26-18(21)20-12-6-7-13(17(24)25)14(22)9-12/h2-9,22H,1H3,(H,24,25)/b15-8-,20-18?. The minimum absolute atomic E-state index is 0.227. The van der Waals surface area contributed by atoms with Gasteiger partial charge in [-0.2, -0.15) is 0 Å². The third-order valence-corrected chi connectivity index (χ3v) is 4.67. The van der Waals surface area contributed by atoms with Crippen LogP contribution in [-0.4, -0.2) is 39.2 Å². The zero-order valence-corrected chi connectivity index (χ0v) is 14.3. The van der Waals surface area contributed by atoms with Gasteiger partial charge in [0.05, 0.1) is 10.6 Å². The van der Waals surface area contributed by atoms with Gasteiger partial charge in [0, 0.05) is 13.1 Å². The molecule has 0 radical (unpaired) electrons. The molecule has 1 aliphatic heterocycles. The number of likely N-dealkylation sites (N-methyl/N-ethyl adjacent to an activating group) is 1. The lowest BCUT2D eigenvalue weighted by atomic mass is 10.2. The molecular formula is C18H13FN2O4S. The summed E-state index contributed by atoms with van der Waals surface area (Å²) in [5.41, 5.74) is 0.771. The summed E-state index contributed by atoms with van der Waals surface area (Å²) < 4.78 is 13.0. The summed E-state index contributed by atoms with van der Waals surface area (Å²) in [6.45, 7) is 0. The van der Waals surface area contributed by atoms with E-state index in [1.165, 1.54) is 35.2 Å². The first kappa shape index (κ1) is 17.7. The highest BCUT2D eigenvalue weighted by Gasteiger charge is 2.30. The molecule has 0 aromatic heterocycles. The minimum Gasteiger partial charge on any atom is -0.507 e. The molecular weight excluding hydrogens is 359 g/mol. The molecule has 0 spiro atoms. The Labute approximate surface area is 152 Å². The molecule has 132 valence electrons. The molecule has 2 N–H and O–H groups in total. The molecule has 0 atom stereocenters. The summed E-state index contributed by atoms with van der Waals surface area (Å²) in [4.78, 5) is 29.3. The van der Waals surface area contributed by atoms with Gasteiger partial charge in [0.15, 0.2) is 5.17 Å². The Bertz CT molecular complexity index is 954. The zero-order chi connectivity index (χ0) is 18.8. The van der Waals surface area contributed by atoms with Crippen molar-refractivity contribution in [2.24, 2.45) is 4.99 Å². The molecule has 1 amide bonds. The van der Waals surface area contributed by atoms with Crippen molar-refractivity contribution in [2.45, 2.75) is 0 Å². The zero-order valence-electron chi connectivity index (χ0n) is 13.5. The number of nitrogens with zero attached hydrogens (tertiary/aromatic N) is 2. The van der Waals surface area contributed by atoms with Gasteiger partial charge in [0.2, 0.25) is 0 Å². The summed E-state index contributed by atoms with van der Waals surface area (Å²) in [5, 5.41) is 19.0. The highest BCUT2D eigenvalue weighted by atomic mass is 32.2. The molecule has 1 aliphatic rings. The van der Waals surface area contributed by atoms with Crippen molar-refractivity contribution in [3.05, 3.63) is 64.3 Å². The summed E-state index contributed by atoms with van der Waals surface area (Å²) >= 11 is 1.13. The van der Waals surface area contributed by atoms with Gasteiger partial charge in [0.1, 0.15) is 17.1 Å². The molecule has 0 unspecified atom stereocenters. The van der Waals surface area contributed by atoms with E-state index in [9.17, 15) is 19.1 Å². The quantitative estimate of drug-likeness (QED) is 0.806. The highest BCUT2D eigenvalue weighted by molar-refractivity contribution is 8.18. The molecule has 6 nitrogen and oxygen atoms in total. The normalized spacial score (nSPS) is 17.3. The van der Waals surface area contributed by atoms with E-state index < -0.39 is 11.7 Å². The van der Waals surface area contributed by atoms with Crippen LogP contribution in [0, 0.1) is 5.82 Å². The smallest absolute Gasteiger partial charge is 0.339 e. The number of phenols is 1. The van der Waals surface area contributed by atoms with E-state index in [-0.39, 0.29) is 17.3 Å². The number of aromatic hydroxyl groups is 1. The Kier molecular flexibility index (Phi) is 4.77. The van der Waals surface area contributed by atoms with E-state index in [2.05, 4.69) is 4.99 Å². The second kappa shape index (κ2) is 7.01. The van der Waals surface area contributed by atoms with E-state index >= 15 is 0 Å². The van der Waals surface area contributed by atoms with E-state index in [1.807, 2.05) is 0 Å². The Balaban J connectivity index is 1.88. The molecule has 0 aliphatic carbocycles. The molecule has 8 heteroatoms. The summed E-state index contributed by atoms with van der Waals surface area (Å²) in [7, 11) is 1.56. The summed E-state index contributed by atoms with van der Waals surface area (Å²) in [5.74, 6) is -2.27. The van der Waals surface area contributed by atoms with Crippen LogP contribution in [0.1, 0.15) is 15.9 Å². The van der Waals surface area contributed by atoms with Crippen LogP contribution in [0.5, 0.6) is 5.75 Å². The number of carboxylic acid groups (broad SMARTS) is 1. The largest absolute Gasteiger partial charge is 0.507 e. The van der Waals surface area contributed by atoms with Gasteiger partial charge in [-0.1, -0.05) is 12.1 Å². The van der Waals surface area contributed by atoms with Gasteiger partial charge < -0.3 is 10.2 Å². The monoisotopic (exact) mass is 372 g/mol. The Morgan fingerprint density at radius 3 is 2.54 bits per heavy atom. The first-order chi connectivity index (χ1) is 12.3. The Hall–Kier alpha value is -3.13. The fraction of sp³-hybridized carbons (Fsp3) is 0.0556. The molecule has 0 saturated carbocycles. The van der Waals surface area contributed by atoms with E-state index in [4.69, 9.17) is 5.11 Å². The highest BCUT2D eigenvalue weighted by Crippen LogP contribution is 2.34. The third kappa shape index (κ3) is 3.60. The maximum atomic E-state index is 13.0. The predicted octanol–water partition coefficient (Wildman–Crippen LogP) is 3.46. The molecule has 1 heterocycles. The number of thioether (sulfide) groups is 1. The lowest BCUT2D eigenvalue weighted by Gasteiger charge is -2.07. The second-order valence-electron chi connectivity index (χ2n) is 5.43. The van der Waals surface area contributed by atoms with Gasteiger partial charge in [0.25, 0.3) is 5.91 Å². The third-order valence-electron chi connectivity index (χ3n) is 3.61. The minimum atomic E-state index is -1.24. The van der Waals surface area contributed by atoms with Crippen molar-refractivity contribution in [3.8, 4) is 5.75 Å². The number of halogens is 1. The lowest BCUT2D eigenvalue weighted by molar-refractivity contribution is -0.121. The number of amidine groups is 1. The van der Waals surface area contributed by atoms with Gasteiger partial charge in [-0.15, -0.1) is 0 Å². The van der Waals surface area contributed by atoms with Crippen LogP contribution in [0.4, 0.5) is 10.1 Å². The van der Waals surface area contributed by atoms with E-state index in [1.54, 1.807) is 25.3 Å². The van der Waals surface area contributed by atoms with Crippen LogP contribution in [0.3, 0.4) is 0 Å². The average molecular weight is 372 g/mol. The molecule has 2 aromatic rings. The molecule has 2 aromatic carbocycles. The van der Waals surface area contributed by atoms with Crippen LogP contribution >= 0.6 is 11.8 Å². The average Bonchev–Trinajstić information content (AvgIpc) is 2.85. The van der Waals surface area contributed by atoms with Crippen molar-refractivity contribution >= 4 is 40.6 Å². The SMILES string of the molecule is CN1C(=O)/C(=C/c2ccc(F)cc2)SC1=Nc1ccc(C(=O)O)c(O)c1. The van der Waals surface area contributed by atoms with Crippen LogP contribution in [0.2, 0.25) is 0 Å². The van der Waals surface area contributed by atoms with E-state index in [0.29, 0.717) is 21.3 Å². The second-order valence-corrected chi connectivity index (χ2v) is 6.44. The number of carbonyl (C=O) groups excluding carboxylic acids is 1. The van der Waals surface area contributed by atoms with Crippen molar-refractivity contribution < 1.29 is 24.2 Å². The molecule has 1 fully saturated rings. The number of carbonyl (C=O) groups is 2. The van der Waals surface area contributed by atoms with Gasteiger partial charge >= 0.3 is 5.97 Å². The van der Waals surface area contributed by atoms with Crippen LogP contribution < -0.4 is 0 Å². The van der Waals surface area contributed by atoms with Crippen molar-refractivity contribution in [1.82, 2.24) is 4.90 Å². The molecule has 0 bridgehead atoms. The molecule has 26 heavy (non-hydrogen) atoms. The molecule has 1 saturated heterocycles. The number of amides is 1. The number of aliphatic imine (C=N–C) groups is 1. The van der Waals surface area contributed by atoms with Crippen molar-refractivity contribution in [3.63, 3.8) is 0 Å². The summed E-state index contributed by atoms with van der Waals surface area (Å²) in [6.07, 6.45) is 1.64. The lowest BCUT2D eigenvalue weighted by Crippen LogP contribution is -2.23. The number of rotatable bonds is 3. The van der Waals surface area contributed by atoms with Crippen LogP contribution in [0.15, 0.2) is 52.4 Å². The number of aromatic carboxylic acids is 1. The topological polar surface area (TPSA) is 90.2 Å². The van der Waals surface area contributed by atoms with Gasteiger partial charge in [-0.05, 0) is 47.7 Å². The van der Waals surface area contributed by atoms with Crippen LogP contribution in [0.25, 0.3) is 6.08 Å². The molecule has 3 rings (SSSR count). The number of benzene rings is 2. The Morgan fingerprint density at radius 1 is 1.23 bits per heavy atom. The van der Waals surface area contributed by atoms with Crippen molar-refractivity contribution in [1.29, 1.82) is 0 Å². The first-order valence-corrected chi connectivity index (χ1v) is 8.25. The predicted molar refractivity (Wildman–Crippen MR) is 96.9 cm³/mol. The number of hydrogen-bond donors (Lipinski definition) is 2. The fourth-order valence-electron chi connectivity index (χ4n) is 2.24. The van der Waals surface area contributed by atoms with Crippen molar-refractivity contribution in [2.75, 3.05) is 7.05 Å². The number of carboxylic acids is 1. The maximum Gasteiger partial charge on any atom is 0.339 e. The fourth-order valence-corrected chi connectivity index (χ4v) is 3.23. The van der Waals surface area contributed by atoms with Crippen LogP contribution in [-0.2, 0) is 4.79 Å². The number of hydrogen-bond acceptors (Lipinski definition) is 5.